The predicted octanol–water partition coefficient (Wildman–Crippen LogP) is 3.63. The molecule has 0 aliphatic carbocycles. The summed E-state index contributed by atoms with van der Waals surface area (Å²) in [6.45, 7) is 4.73. The van der Waals surface area contributed by atoms with E-state index >= 15 is 0 Å². The molecule has 1 amide bonds. The number of carbonyl (C=O) groups is 1. The van der Waals surface area contributed by atoms with E-state index in [4.69, 9.17) is 0 Å². The molecule has 0 N–H and O–H groups in total. The molecule has 144 valence electrons. The Hall–Kier alpha value is -2.15. The lowest BCUT2D eigenvalue weighted by molar-refractivity contribution is 0.0756. The largest absolute Gasteiger partial charge is 0.366 e. The molecule has 1 aromatic heterocycles. The Morgan fingerprint density at radius 1 is 0.926 bits per heavy atom. The van der Waals surface area contributed by atoms with Crippen molar-refractivity contribution in [3.05, 3.63) is 41.2 Å². The quantitative estimate of drug-likeness (QED) is 0.805. The van der Waals surface area contributed by atoms with Crippen molar-refractivity contribution in [3.8, 4) is 0 Å². The number of piperazine rings is 1. The van der Waals surface area contributed by atoms with Gasteiger partial charge in [-0.25, -0.2) is 9.37 Å². The topological polar surface area (TPSA) is 39.7 Å². The van der Waals surface area contributed by atoms with Crippen molar-refractivity contribution in [2.75, 3.05) is 49.1 Å². The average Bonchev–Trinajstić information content (AvgIpc) is 3.03. The van der Waals surface area contributed by atoms with Gasteiger partial charge in [0.1, 0.15) is 11.5 Å². The molecule has 3 heterocycles. The highest BCUT2D eigenvalue weighted by molar-refractivity contribution is 7.13. The molecule has 7 heteroatoms. The van der Waals surface area contributed by atoms with E-state index in [9.17, 15) is 9.18 Å². The molecule has 0 radical (unpaired) electrons. The van der Waals surface area contributed by atoms with Crippen LogP contribution in [-0.4, -0.2) is 55.1 Å². The van der Waals surface area contributed by atoms with E-state index in [-0.39, 0.29) is 11.7 Å². The van der Waals surface area contributed by atoms with Crippen LogP contribution in [0.3, 0.4) is 0 Å². The molecule has 2 saturated heterocycles. The Balaban J connectivity index is 1.38. The minimum absolute atomic E-state index is 0.0596. The van der Waals surface area contributed by atoms with Gasteiger partial charge in [0.15, 0.2) is 5.13 Å². The molecule has 5 nitrogen and oxygen atoms in total. The Kier molecular flexibility index (Phi) is 5.57. The minimum Gasteiger partial charge on any atom is -0.366 e. The van der Waals surface area contributed by atoms with Gasteiger partial charge in [-0.1, -0.05) is 25.0 Å². The molecule has 2 aromatic rings. The summed E-state index contributed by atoms with van der Waals surface area (Å²) in [6, 6.07) is 6.91. The van der Waals surface area contributed by atoms with Crippen molar-refractivity contribution in [2.45, 2.75) is 25.7 Å². The first-order chi connectivity index (χ1) is 13.2. The maximum absolute atomic E-state index is 14.0. The summed E-state index contributed by atoms with van der Waals surface area (Å²) in [7, 11) is 0. The highest BCUT2D eigenvalue weighted by atomic mass is 32.1. The third kappa shape index (κ3) is 4.08. The number of rotatable bonds is 3. The van der Waals surface area contributed by atoms with Crippen LogP contribution in [0.4, 0.5) is 15.2 Å². The smallest absolute Gasteiger partial charge is 0.273 e. The van der Waals surface area contributed by atoms with Crippen LogP contribution in [-0.2, 0) is 0 Å². The first-order valence-corrected chi connectivity index (χ1v) is 10.6. The van der Waals surface area contributed by atoms with Crippen molar-refractivity contribution >= 4 is 28.1 Å². The maximum atomic E-state index is 14.0. The number of hydrogen-bond acceptors (Lipinski definition) is 5. The Labute approximate surface area is 163 Å². The second-order valence-electron chi connectivity index (χ2n) is 7.15. The number of para-hydroxylation sites is 1. The van der Waals surface area contributed by atoms with E-state index in [2.05, 4.69) is 14.8 Å². The molecule has 0 unspecified atom stereocenters. The summed E-state index contributed by atoms with van der Waals surface area (Å²) in [5.74, 6) is -0.116. The summed E-state index contributed by atoms with van der Waals surface area (Å²) in [6.07, 6.45) is 4.58. The average molecular weight is 389 g/mol. The Morgan fingerprint density at radius 3 is 2.30 bits per heavy atom. The van der Waals surface area contributed by atoms with Crippen LogP contribution in [0, 0.1) is 5.82 Å². The summed E-state index contributed by atoms with van der Waals surface area (Å²) >= 11 is 1.53. The van der Waals surface area contributed by atoms with Gasteiger partial charge in [0.2, 0.25) is 0 Å². The first-order valence-electron chi connectivity index (χ1n) is 9.71. The van der Waals surface area contributed by atoms with Gasteiger partial charge in [-0.3, -0.25) is 4.79 Å². The zero-order valence-corrected chi connectivity index (χ0v) is 16.3. The highest BCUT2D eigenvalue weighted by Crippen LogP contribution is 2.26. The second-order valence-corrected chi connectivity index (χ2v) is 7.98. The van der Waals surface area contributed by atoms with E-state index in [1.165, 1.54) is 30.2 Å². The van der Waals surface area contributed by atoms with Gasteiger partial charge in [0.25, 0.3) is 5.91 Å². The van der Waals surface area contributed by atoms with E-state index < -0.39 is 0 Å². The van der Waals surface area contributed by atoms with Crippen molar-refractivity contribution in [1.82, 2.24) is 9.88 Å². The summed E-state index contributed by atoms with van der Waals surface area (Å²) < 4.78 is 14.0. The number of benzene rings is 1. The fourth-order valence-corrected chi connectivity index (χ4v) is 4.64. The van der Waals surface area contributed by atoms with Crippen LogP contribution < -0.4 is 9.80 Å². The van der Waals surface area contributed by atoms with Crippen molar-refractivity contribution in [2.24, 2.45) is 0 Å². The second kappa shape index (κ2) is 8.25. The molecule has 0 spiro atoms. The number of likely N-dealkylation sites (tertiary alicyclic amines) is 1. The molecule has 0 saturated carbocycles. The number of carbonyl (C=O) groups excluding carboxylic acids is 1. The summed E-state index contributed by atoms with van der Waals surface area (Å²) in [5.41, 5.74) is 1.22. The highest BCUT2D eigenvalue weighted by Gasteiger charge is 2.24. The van der Waals surface area contributed by atoms with Crippen LogP contribution in [0.5, 0.6) is 0 Å². The SMILES string of the molecule is O=C(c1csc(N2CCN(c3ccccc3F)CC2)n1)N1CCCCCC1. The van der Waals surface area contributed by atoms with Gasteiger partial charge in [0.05, 0.1) is 5.69 Å². The van der Waals surface area contributed by atoms with Crippen LogP contribution in [0.25, 0.3) is 0 Å². The van der Waals surface area contributed by atoms with Crippen LogP contribution >= 0.6 is 11.3 Å². The normalized spacial score (nSPS) is 18.5. The van der Waals surface area contributed by atoms with E-state index in [1.807, 2.05) is 22.4 Å². The molecule has 1 aromatic carbocycles. The number of thiazole rings is 1. The Morgan fingerprint density at radius 2 is 1.59 bits per heavy atom. The Bertz CT molecular complexity index is 780. The maximum Gasteiger partial charge on any atom is 0.273 e. The zero-order chi connectivity index (χ0) is 18.6. The van der Waals surface area contributed by atoms with Crippen LogP contribution in [0.2, 0.25) is 0 Å². The lowest BCUT2D eigenvalue weighted by Gasteiger charge is -2.36. The molecule has 0 bridgehead atoms. The lowest BCUT2D eigenvalue weighted by Crippen LogP contribution is -2.46. The van der Waals surface area contributed by atoms with Gasteiger partial charge < -0.3 is 14.7 Å². The molecule has 2 fully saturated rings. The summed E-state index contributed by atoms with van der Waals surface area (Å²) in [4.78, 5) is 23.6. The van der Waals surface area contributed by atoms with Crippen LogP contribution in [0.1, 0.15) is 36.2 Å². The number of amides is 1. The zero-order valence-electron chi connectivity index (χ0n) is 15.4. The fourth-order valence-electron chi connectivity index (χ4n) is 3.79. The third-order valence-corrected chi connectivity index (χ3v) is 6.25. The van der Waals surface area contributed by atoms with Gasteiger partial charge in [0, 0.05) is 44.6 Å². The van der Waals surface area contributed by atoms with E-state index in [1.54, 1.807) is 6.07 Å². The number of nitrogens with zero attached hydrogens (tertiary/aromatic N) is 4. The first kappa shape index (κ1) is 18.2. The molecule has 4 rings (SSSR count). The van der Waals surface area contributed by atoms with Crippen LogP contribution in [0.15, 0.2) is 29.6 Å². The predicted molar refractivity (Wildman–Crippen MR) is 107 cm³/mol. The monoisotopic (exact) mass is 388 g/mol. The van der Waals surface area contributed by atoms with E-state index in [0.29, 0.717) is 11.4 Å². The molecular formula is C20H25FN4OS. The van der Waals surface area contributed by atoms with Gasteiger partial charge >= 0.3 is 0 Å². The standard InChI is InChI=1S/C20H25FN4OS/c21-16-7-3-4-8-18(16)23-11-13-25(14-12-23)20-22-17(15-27-20)19(26)24-9-5-1-2-6-10-24/h3-4,7-8,15H,1-2,5-6,9-14H2. The molecule has 0 atom stereocenters. The van der Waals surface area contributed by atoms with Crippen molar-refractivity contribution in [1.29, 1.82) is 0 Å². The van der Waals surface area contributed by atoms with Crippen molar-refractivity contribution < 1.29 is 9.18 Å². The minimum atomic E-state index is -0.175. The fraction of sp³-hybridized carbons (Fsp3) is 0.500. The number of hydrogen-bond donors (Lipinski definition) is 0. The number of anilines is 2. The molecule has 2 aliphatic heterocycles. The number of aromatic nitrogens is 1. The third-order valence-electron chi connectivity index (χ3n) is 5.35. The summed E-state index contributed by atoms with van der Waals surface area (Å²) in [5, 5.41) is 2.77. The molecule has 2 aliphatic rings. The van der Waals surface area contributed by atoms with Gasteiger partial charge in [-0.2, -0.15) is 0 Å². The van der Waals surface area contributed by atoms with E-state index in [0.717, 1.165) is 57.2 Å². The molecule has 27 heavy (non-hydrogen) atoms. The van der Waals surface area contributed by atoms with Gasteiger partial charge in [-0.05, 0) is 25.0 Å². The lowest BCUT2D eigenvalue weighted by atomic mass is 10.2. The number of halogens is 1. The molecular weight excluding hydrogens is 363 g/mol. The van der Waals surface area contributed by atoms with Crippen molar-refractivity contribution in [3.63, 3.8) is 0 Å². The van der Waals surface area contributed by atoms with Gasteiger partial charge in [-0.15, -0.1) is 11.3 Å².